The first-order valence-electron chi connectivity index (χ1n) is 7.39. The standard InChI is InChI=1S/C15H24N4S/c1-4-6-15-18-13(11-20-15)9-17-12(3)10-19-8-7-16-14(19)5-2/h7-8,11-12,17H,4-6,9-10H2,1-3H3/t12-/m0/s1. The van der Waals surface area contributed by atoms with Gasteiger partial charge in [-0.2, -0.15) is 0 Å². The Morgan fingerprint density at radius 2 is 2.25 bits per heavy atom. The van der Waals surface area contributed by atoms with Gasteiger partial charge in [-0.3, -0.25) is 0 Å². The number of nitrogens with one attached hydrogen (secondary N) is 1. The highest BCUT2D eigenvalue weighted by molar-refractivity contribution is 7.09. The van der Waals surface area contributed by atoms with E-state index in [4.69, 9.17) is 0 Å². The fourth-order valence-electron chi connectivity index (χ4n) is 2.22. The van der Waals surface area contributed by atoms with Gasteiger partial charge in [0.25, 0.3) is 0 Å². The van der Waals surface area contributed by atoms with Crippen LogP contribution in [0.2, 0.25) is 0 Å². The molecule has 0 bridgehead atoms. The molecule has 2 aromatic rings. The Hall–Kier alpha value is -1.20. The molecule has 1 atom stereocenters. The Morgan fingerprint density at radius 3 is 3.00 bits per heavy atom. The molecule has 0 aliphatic heterocycles. The number of nitrogens with zero attached hydrogens (tertiary/aromatic N) is 3. The molecule has 0 spiro atoms. The van der Waals surface area contributed by atoms with Crippen LogP contribution in [-0.4, -0.2) is 20.6 Å². The Morgan fingerprint density at radius 1 is 1.40 bits per heavy atom. The number of rotatable bonds is 8. The molecule has 20 heavy (non-hydrogen) atoms. The van der Waals surface area contributed by atoms with E-state index in [1.54, 1.807) is 11.3 Å². The zero-order valence-electron chi connectivity index (χ0n) is 12.6. The molecule has 1 N–H and O–H groups in total. The zero-order valence-corrected chi connectivity index (χ0v) is 13.4. The van der Waals surface area contributed by atoms with Crippen molar-refractivity contribution in [3.05, 3.63) is 34.3 Å². The second-order valence-electron chi connectivity index (χ2n) is 5.11. The molecule has 2 rings (SSSR count). The lowest BCUT2D eigenvalue weighted by Gasteiger charge is -2.15. The molecule has 0 aliphatic carbocycles. The highest BCUT2D eigenvalue weighted by Crippen LogP contribution is 2.11. The van der Waals surface area contributed by atoms with Gasteiger partial charge < -0.3 is 9.88 Å². The van der Waals surface area contributed by atoms with Crippen LogP contribution in [0.15, 0.2) is 17.8 Å². The van der Waals surface area contributed by atoms with Gasteiger partial charge in [0.2, 0.25) is 0 Å². The molecule has 110 valence electrons. The summed E-state index contributed by atoms with van der Waals surface area (Å²) in [6.45, 7) is 8.34. The molecular weight excluding hydrogens is 268 g/mol. The predicted octanol–water partition coefficient (Wildman–Crippen LogP) is 3.03. The van der Waals surface area contributed by atoms with Crippen LogP contribution in [0.4, 0.5) is 0 Å². The smallest absolute Gasteiger partial charge is 0.108 e. The van der Waals surface area contributed by atoms with E-state index in [-0.39, 0.29) is 0 Å². The van der Waals surface area contributed by atoms with E-state index in [9.17, 15) is 0 Å². The summed E-state index contributed by atoms with van der Waals surface area (Å²) in [6, 6.07) is 0.408. The van der Waals surface area contributed by atoms with Crippen molar-refractivity contribution in [2.24, 2.45) is 0 Å². The fraction of sp³-hybridized carbons (Fsp3) is 0.600. The van der Waals surface area contributed by atoms with Crippen LogP contribution < -0.4 is 5.32 Å². The molecule has 2 aromatic heterocycles. The van der Waals surface area contributed by atoms with Crippen molar-refractivity contribution in [1.29, 1.82) is 0 Å². The second kappa shape index (κ2) is 7.55. The third-order valence-electron chi connectivity index (χ3n) is 3.28. The number of aryl methyl sites for hydroxylation is 2. The molecule has 0 radical (unpaired) electrons. The number of aromatic nitrogens is 3. The molecule has 0 amide bonds. The minimum Gasteiger partial charge on any atom is -0.333 e. The topological polar surface area (TPSA) is 42.7 Å². The molecule has 0 saturated carbocycles. The Balaban J connectivity index is 1.81. The lowest BCUT2D eigenvalue weighted by atomic mass is 10.3. The fourth-order valence-corrected chi connectivity index (χ4v) is 3.12. The van der Waals surface area contributed by atoms with E-state index >= 15 is 0 Å². The number of hydrogen-bond donors (Lipinski definition) is 1. The number of thiazole rings is 1. The SMILES string of the molecule is CCCc1nc(CN[C@@H](C)Cn2ccnc2CC)cs1. The van der Waals surface area contributed by atoms with Gasteiger partial charge in [-0.25, -0.2) is 9.97 Å². The second-order valence-corrected chi connectivity index (χ2v) is 6.06. The Labute approximate surface area is 125 Å². The van der Waals surface area contributed by atoms with Crippen molar-refractivity contribution in [3.8, 4) is 0 Å². The van der Waals surface area contributed by atoms with Gasteiger partial charge in [0.05, 0.1) is 10.7 Å². The summed E-state index contributed by atoms with van der Waals surface area (Å²) < 4.78 is 2.22. The van der Waals surface area contributed by atoms with Gasteiger partial charge in [0.15, 0.2) is 0 Å². The molecule has 2 heterocycles. The third kappa shape index (κ3) is 4.15. The monoisotopic (exact) mass is 292 g/mol. The summed E-state index contributed by atoms with van der Waals surface area (Å²) in [6.07, 6.45) is 7.17. The highest BCUT2D eigenvalue weighted by atomic mass is 32.1. The molecule has 0 unspecified atom stereocenters. The van der Waals surface area contributed by atoms with Crippen LogP contribution in [0.1, 0.15) is 43.7 Å². The summed E-state index contributed by atoms with van der Waals surface area (Å²) in [5.74, 6) is 1.15. The van der Waals surface area contributed by atoms with Gasteiger partial charge in [0.1, 0.15) is 5.82 Å². The maximum Gasteiger partial charge on any atom is 0.108 e. The minimum absolute atomic E-state index is 0.408. The molecule has 0 fully saturated rings. The van der Waals surface area contributed by atoms with Crippen molar-refractivity contribution in [1.82, 2.24) is 19.9 Å². The predicted molar refractivity (Wildman–Crippen MR) is 84.0 cm³/mol. The summed E-state index contributed by atoms with van der Waals surface area (Å²) in [7, 11) is 0. The third-order valence-corrected chi connectivity index (χ3v) is 4.24. The van der Waals surface area contributed by atoms with E-state index < -0.39 is 0 Å². The zero-order chi connectivity index (χ0) is 14.4. The largest absolute Gasteiger partial charge is 0.333 e. The van der Waals surface area contributed by atoms with Crippen molar-refractivity contribution in [2.45, 2.75) is 59.2 Å². The van der Waals surface area contributed by atoms with E-state index in [0.717, 1.165) is 43.9 Å². The van der Waals surface area contributed by atoms with Crippen LogP contribution in [0.25, 0.3) is 0 Å². The molecule has 4 nitrogen and oxygen atoms in total. The van der Waals surface area contributed by atoms with Crippen molar-refractivity contribution < 1.29 is 0 Å². The van der Waals surface area contributed by atoms with Gasteiger partial charge in [-0.15, -0.1) is 11.3 Å². The van der Waals surface area contributed by atoms with Crippen molar-refractivity contribution in [2.75, 3.05) is 0 Å². The van der Waals surface area contributed by atoms with Crippen LogP contribution >= 0.6 is 11.3 Å². The van der Waals surface area contributed by atoms with Gasteiger partial charge in [0, 0.05) is 43.3 Å². The number of imidazole rings is 1. The maximum atomic E-state index is 4.64. The van der Waals surface area contributed by atoms with E-state index in [1.165, 1.54) is 5.01 Å². The van der Waals surface area contributed by atoms with Gasteiger partial charge in [-0.05, 0) is 19.8 Å². The van der Waals surface area contributed by atoms with Crippen molar-refractivity contribution in [3.63, 3.8) is 0 Å². The normalized spacial score (nSPS) is 12.8. The van der Waals surface area contributed by atoms with Crippen LogP contribution in [0, 0.1) is 0 Å². The summed E-state index contributed by atoms with van der Waals surface area (Å²) in [5.41, 5.74) is 1.16. The molecule has 0 saturated heterocycles. The summed E-state index contributed by atoms with van der Waals surface area (Å²) in [4.78, 5) is 8.99. The quantitative estimate of drug-likeness (QED) is 0.813. The lowest BCUT2D eigenvalue weighted by Crippen LogP contribution is -2.30. The average molecular weight is 292 g/mol. The lowest BCUT2D eigenvalue weighted by molar-refractivity contribution is 0.465. The first-order chi connectivity index (χ1) is 9.72. The Kier molecular flexibility index (Phi) is 5.73. The minimum atomic E-state index is 0.408. The summed E-state index contributed by atoms with van der Waals surface area (Å²) >= 11 is 1.77. The van der Waals surface area contributed by atoms with Crippen LogP contribution in [0.3, 0.4) is 0 Å². The van der Waals surface area contributed by atoms with Gasteiger partial charge >= 0.3 is 0 Å². The Bertz CT molecular complexity index is 517. The van der Waals surface area contributed by atoms with Crippen molar-refractivity contribution >= 4 is 11.3 Å². The molecule has 5 heteroatoms. The van der Waals surface area contributed by atoms with E-state index in [1.807, 2.05) is 6.20 Å². The molecule has 0 aliphatic rings. The van der Waals surface area contributed by atoms with E-state index in [2.05, 4.69) is 52.2 Å². The molecular formula is C15H24N4S. The maximum absolute atomic E-state index is 4.64. The van der Waals surface area contributed by atoms with E-state index in [0.29, 0.717) is 6.04 Å². The van der Waals surface area contributed by atoms with Crippen LogP contribution in [0.5, 0.6) is 0 Å². The van der Waals surface area contributed by atoms with Gasteiger partial charge in [-0.1, -0.05) is 13.8 Å². The molecule has 0 aromatic carbocycles. The van der Waals surface area contributed by atoms with Crippen LogP contribution in [-0.2, 0) is 25.9 Å². The number of hydrogen-bond acceptors (Lipinski definition) is 4. The first kappa shape index (κ1) is 15.2. The average Bonchev–Trinajstić information content (AvgIpc) is 3.06. The first-order valence-corrected chi connectivity index (χ1v) is 8.27. The highest BCUT2D eigenvalue weighted by Gasteiger charge is 2.07. The summed E-state index contributed by atoms with van der Waals surface area (Å²) in [5, 5.41) is 6.96.